The third-order valence-corrected chi connectivity index (χ3v) is 4.19. The van der Waals surface area contributed by atoms with E-state index in [9.17, 15) is 18.4 Å². The standard InChI is InChI=1S/C12H14BrF2NO3S/c13-9-5-4-7(20-9)2-1-3-11(17)16-8(12(18)19)6-10(14)15/h4-5,8,10H,1-3,6H2,(H,16,17)(H,18,19). The van der Waals surface area contributed by atoms with Gasteiger partial charge in [-0.3, -0.25) is 4.79 Å². The second kappa shape index (κ2) is 8.31. The molecule has 20 heavy (non-hydrogen) atoms. The number of halogens is 3. The van der Waals surface area contributed by atoms with Gasteiger partial charge in [0.15, 0.2) is 0 Å². The fraction of sp³-hybridized carbons (Fsp3) is 0.500. The number of aliphatic carboxylic acids is 1. The van der Waals surface area contributed by atoms with Gasteiger partial charge >= 0.3 is 5.97 Å². The van der Waals surface area contributed by atoms with Crippen LogP contribution < -0.4 is 5.32 Å². The van der Waals surface area contributed by atoms with E-state index in [1.807, 2.05) is 12.1 Å². The minimum atomic E-state index is -2.76. The summed E-state index contributed by atoms with van der Waals surface area (Å²) in [5.41, 5.74) is 0. The van der Waals surface area contributed by atoms with Gasteiger partial charge in [-0.25, -0.2) is 13.6 Å². The third kappa shape index (κ3) is 6.42. The highest BCUT2D eigenvalue weighted by Crippen LogP contribution is 2.23. The van der Waals surface area contributed by atoms with Gasteiger partial charge in [-0.15, -0.1) is 11.3 Å². The van der Waals surface area contributed by atoms with Crippen molar-refractivity contribution in [1.29, 1.82) is 0 Å². The maximum atomic E-state index is 12.2. The number of carboxylic acid groups (broad SMARTS) is 1. The van der Waals surface area contributed by atoms with Crippen molar-refractivity contribution in [3.8, 4) is 0 Å². The molecule has 0 aliphatic heterocycles. The Bertz CT molecular complexity index is 467. The molecule has 1 unspecified atom stereocenters. The Labute approximate surface area is 127 Å². The average Bonchev–Trinajstić information content (AvgIpc) is 2.73. The molecule has 1 atom stereocenters. The summed E-state index contributed by atoms with van der Waals surface area (Å²) in [7, 11) is 0. The SMILES string of the molecule is O=C(CCCc1ccc(Br)s1)NC(CC(F)F)C(=O)O. The topological polar surface area (TPSA) is 66.4 Å². The van der Waals surface area contributed by atoms with Crippen molar-refractivity contribution in [3.63, 3.8) is 0 Å². The number of hydrogen-bond acceptors (Lipinski definition) is 3. The lowest BCUT2D eigenvalue weighted by Gasteiger charge is -2.13. The Balaban J connectivity index is 2.32. The van der Waals surface area contributed by atoms with Crippen molar-refractivity contribution >= 4 is 39.1 Å². The van der Waals surface area contributed by atoms with E-state index >= 15 is 0 Å². The maximum absolute atomic E-state index is 12.2. The van der Waals surface area contributed by atoms with Crippen molar-refractivity contribution in [3.05, 3.63) is 20.8 Å². The van der Waals surface area contributed by atoms with E-state index in [1.165, 1.54) is 0 Å². The molecule has 8 heteroatoms. The highest BCUT2D eigenvalue weighted by atomic mass is 79.9. The van der Waals surface area contributed by atoms with E-state index in [1.54, 1.807) is 11.3 Å². The van der Waals surface area contributed by atoms with Gasteiger partial charge in [0.25, 0.3) is 0 Å². The van der Waals surface area contributed by atoms with Crippen molar-refractivity contribution in [2.75, 3.05) is 0 Å². The monoisotopic (exact) mass is 369 g/mol. The van der Waals surface area contributed by atoms with E-state index in [4.69, 9.17) is 5.11 Å². The number of aryl methyl sites for hydroxylation is 1. The molecule has 0 fully saturated rings. The first-order valence-corrected chi connectivity index (χ1v) is 7.54. The molecule has 0 aromatic carbocycles. The lowest BCUT2D eigenvalue weighted by Crippen LogP contribution is -2.41. The molecule has 1 heterocycles. The van der Waals surface area contributed by atoms with Crippen molar-refractivity contribution < 1.29 is 23.5 Å². The number of nitrogens with one attached hydrogen (secondary N) is 1. The van der Waals surface area contributed by atoms with Gasteiger partial charge in [0.2, 0.25) is 12.3 Å². The summed E-state index contributed by atoms with van der Waals surface area (Å²) in [5.74, 6) is -1.96. The van der Waals surface area contributed by atoms with E-state index in [0.717, 1.165) is 8.66 Å². The number of carbonyl (C=O) groups excluding carboxylic acids is 1. The molecule has 1 aromatic rings. The van der Waals surface area contributed by atoms with Gasteiger partial charge in [-0.1, -0.05) is 0 Å². The summed E-state index contributed by atoms with van der Waals surface area (Å²) in [6, 6.07) is 2.31. The van der Waals surface area contributed by atoms with Gasteiger partial charge in [0.1, 0.15) is 6.04 Å². The summed E-state index contributed by atoms with van der Waals surface area (Å²) in [6.07, 6.45) is -2.29. The highest BCUT2D eigenvalue weighted by Gasteiger charge is 2.23. The molecule has 0 spiro atoms. The second-order valence-electron chi connectivity index (χ2n) is 4.14. The van der Waals surface area contributed by atoms with Crippen LogP contribution in [-0.2, 0) is 16.0 Å². The van der Waals surface area contributed by atoms with Crippen LogP contribution in [0.2, 0.25) is 0 Å². The van der Waals surface area contributed by atoms with Crippen LogP contribution in [0.25, 0.3) is 0 Å². The number of amides is 1. The van der Waals surface area contributed by atoms with Crippen LogP contribution >= 0.6 is 27.3 Å². The van der Waals surface area contributed by atoms with Gasteiger partial charge in [-0.05, 0) is 40.9 Å². The Morgan fingerprint density at radius 3 is 2.60 bits per heavy atom. The first kappa shape index (κ1) is 17.0. The summed E-state index contributed by atoms with van der Waals surface area (Å²) < 4.78 is 25.3. The summed E-state index contributed by atoms with van der Waals surface area (Å²) >= 11 is 4.89. The molecule has 0 saturated heterocycles. The molecule has 4 nitrogen and oxygen atoms in total. The molecule has 0 radical (unpaired) electrons. The molecule has 0 bridgehead atoms. The normalized spacial score (nSPS) is 12.4. The van der Waals surface area contributed by atoms with Crippen LogP contribution in [0.3, 0.4) is 0 Å². The second-order valence-corrected chi connectivity index (χ2v) is 6.69. The molecule has 112 valence electrons. The van der Waals surface area contributed by atoms with Crippen LogP contribution in [0.4, 0.5) is 8.78 Å². The Morgan fingerprint density at radius 2 is 2.10 bits per heavy atom. The number of carboxylic acids is 1. The van der Waals surface area contributed by atoms with Gasteiger partial charge < -0.3 is 10.4 Å². The summed E-state index contributed by atoms with van der Waals surface area (Å²) in [6.45, 7) is 0. The van der Waals surface area contributed by atoms with Crippen LogP contribution in [0.15, 0.2) is 15.9 Å². The van der Waals surface area contributed by atoms with Gasteiger partial charge in [-0.2, -0.15) is 0 Å². The quantitative estimate of drug-likeness (QED) is 0.739. The zero-order valence-corrected chi connectivity index (χ0v) is 12.8. The first-order chi connectivity index (χ1) is 9.38. The minimum Gasteiger partial charge on any atom is -0.480 e. The van der Waals surface area contributed by atoms with Crippen molar-refractivity contribution in [2.24, 2.45) is 0 Å². The number of carbonyl (C=O) groups is 2. The predicted molar refractivity (Wildman–Crippen MR) is 75.1 cm³/mol. The lowest BCUT2D eigenvalue weighted by molar-refractivity contribution is -0.143. The molecule has 2 N–H and O–H groups in total. The van der Waals surface area contributed by atoms with Gasteiger partial charge in [0.05, 0.1) is 3.79 Å². The van der Waals surface area contributed by atoms with Crippen LogP contribution in [0.1, 0.15) is 24.1 Å². The summed E-state index contributed by atoms with van der Waals surface area (Å²) in [4.78, 5) is 23.3. The van der Waals surface area contributed by atoms with Crippen LogP contribution in [0, 0.1) is 0 Å². The van der Waals surface area contributed by atoms with E-state index in [-0.39, 0.29) is 6.42 Å². The number of thiophene rings is 1. The zero-order chi connectivity index (χ0) is 15.1. The highest BCUT2D eigenvalue weighted by molar-refractivity contribution is 9.11. The van der Waals surface area contributed by atoms with Crippen LogP contribution in [-0.4, -0.2) is 29.5 Å². The Hall–Kier alpha value is -1.02. The van der Waals surface area contributed by atoms with Crippen molar-refractivity contribution in [2.45, 2.75) is 38.2 Å². The van der Waals surface area contributed by atoms with E-state index in [0.29, 0.717) is 12.8 Å². The number of hydrogen-bond donors (Lipinski definition) is 2. The van der Waals surface area contributed by atoms with E-state index < -0.39 is 30.8 Å². The first-order valence-electron chi connectivity index (χ1n) is 5.93. The van der Waals surface area contributed by atoms with Gasteiger partial charge in [0, 0.05) is 17.7 Å². The average molecular weight is 370 g/mol. The lowest BCUT2D eigenvalue weighted by atomic mass is 10.1. The predicted octanol–water partition coefficient (Wildman–Crippen LogP) is 3.06. The fourth-order valence-electron chi connectivity index (χ4n) is 1.58. The Morgan fingerprint density at radius 1 is 1.40 bits per heavy atom. The molecular weight excluding hydrogens is 356 g/mol. The smallest absolute Gasteiger partial charge is 0.326 e. The minimum absolute atomic E-state index is 0.114. The number of rotatable bonds is 8. The molecule has 0 aliphatic rings. The molecule has 1 amide bonds. The van der Waals surface area contributed by atoms with Crippen LogP contribution in [0.5, 0.6) is 0 Å². The molecule has 1 aromatic heterocycles. The maximum Gasteiger partial charge on any atom is 0.326 e. The largest absolute Gasteiger partial charge is 0.480 e. The molecular formula is C12H14BrF2NO3S. The third-order valence-electron chi connectivity index (χ3n) is 2.50. The molecule has 0 aliphatic carbocycles. The summed E-state index contributed by atoms with van der Waals surface area (Å²) in [5, 5.41) is 10.8. The Kier molecular flexibility index (Phi) is 7.08. The fourth-order valence-corrected chi connectivity index (χ4v) is 3.10. The van der Waals surface area contributed by atoms with Crippen molar-refractivity contribution in [1.82, 2.24) is 5.32 Å². The number of alkyl halides is 2. The van der Waals surface area contributed by atoms with E-state index in [2.05, 4.69) is 21.2 Å². The molecule has 0 saturated carbocycles. The zero-order valence-electron chi connectivity index (χ0n) is 10.4. The molecule has 1 rings (SSSR count).